The van der Waals surface area contributed by atoms with Gasteiger partial charge in [-0.2, -0.15) is 0 Å². The van der Waals surface area contributed by atoms with Gasteiger partial charge in [0.1, 0.15) is 5.78 Å². The summed E-state index contributed by atoms with van der Waals surface area (Å²) in [7, 11) is 0. The average Bonchev–Trinajstić information content (AvgIpc) is 2.83. The number of carbonyl (C=O) groups is 1. The van der Waals surface area contributed by atoms with Crippen molar-refractivity contribution >= 4 is 5.78 Å². The third-order valence-electron chi connectivity index (χ3n) is 8.25. The van der Waals surface area contributed by atoms with Crippen molar-refractivity contribution in [3.05, 3.63) is 0 Å². The van der Waals surface area contributed by atoms with Gasteiger partial charge in [0, 0.05) is 11.8 Å². The van der Waals surface area contributed by atoms with E-state index in [9.17, 15) is 4.79 Å². The fraction of sp³-hybridized carbons (Fsp3) is 0.947. The van der Waals surface area contributed by atoms with E-state index in [0.717, 1.165) is 30.1 Å². The molecule has 6 atom stereocenters. The molecule has 0 spiro atoms. The zero-order valence-corrected chi connectivity index (χ0v) is 13.3. The molecule has 1 nitrogen and oxygen atoms in total. The smallest absolute Gasteiger partial charge is 0.139 e. The molecule has 4 fully saturated rings. The number of ketones is 1. The summed E-state index contributed by atoms with van der Waals surface area (Å²) in [5.74, 6) is 3.89. The van der Waals surface area contributed by atoms with Crippen molar-refractivity contribution < 1.29 is 4.79 Å². The molecule has 0 heterocycles. The van der Waals surface area contributed by atoms with Gasteiger partial charge in [-0.25, -0.2) is 0 Å². The van der Waals surface area contributed by atoms with Crippen molar-refractivity contribution in [2.45, 2.75) is 78.1 Å². The van der Waals surface area contributed by atoms with Gasteiger partial charge in [-0.15, -0.1) is 0 Å². The number of hydrogen-bond donors (Lipinski definition) is 0. The molecular formula is C19H30O. The lowest BCUT2D eigenvalue weighted by atomic mass is 9.45. The monoisotopic (exact) mass is 274 g/mol. The lowest BCUT2D eigenvalue weighted by molar-refractivity contribution is -0.152. The highest BCUT2D eigenvalue weighted by atomic mass is 16.1. The second-order valence-electron chi connectivity index (χ2n) is 8.84. The molecule has 20 heavy (non-hydrogen) atoms. The minimum Gasteiger partial charge on any atom is -0.299 e. The van der Waals surface area contributed by atoms with Crippen LogP contribution in [0.1, 0.15) is 78.1 Å². The van der Waals surface area contributed by atoms with Gasteiger partial charge in [0.15, 0.2) is 0 Å². The van der Waals surface area contributed by atoms with E-state index in [1.165, 1.54) is 57.8 Å². The molecule has 0 aromatic carbocycles. The molecule has 0 amide bonds. The predicted octanol–water partition coefficient (Wildman–Crippen LogP) is 4.99. The Labute approximate surface area is 123 Å². The quantitative estimate of drug-likeness (QED) is 0.608. The molecule has 0 saturated heterocycles. The van der Waals surface area contributed by atoms with Crippen LogP contribution in [0.15, 0.2) is 0 Å². The van der Waals surface area contributed by atoms with E-state index in [4.69, 9.17) is 0 Å². The number of Topliss-reactive ketones (excluding diaryl/α,β-unsaturated/α-hetero) is 1. The third-order valence-corrected chi connectivity index (χ3v) is 8.25. The first-order valence-corrected chi connectivity index (χ1v) is 9.09. The minimum atomic E-state index is 0.0685. The lowest BCUT2D eigenvalue weighted by Gasteiger charge is -2.59. The van der Waals surface area contributed by atoms with Crippen molar-refractivity contribution in [1.82, 2.24) is 0 Å². The van der Waals surface area contributed by atoms with Gasteiger partial charge in [-0.05, 0) is 67.6 Å². The van der Waals surface area contributed by atoms with Crippen LogP contribution in [0.4, 0.5) is 0 Å². The Morgan fingerprint density at radius 3 is 2.60 bits per heavy atom. The molecule has 0 aromatic heterocycles. The van der Waals surface area contributed by atoms with Gasteiger partial charge in [-0.3, -0.25) is 4.79 Å². The van der Waals surface area contributed by atoms with Crippen molar-refractivity contribution in [3.8, 4) is 0 Å². The van der Waals surface area contributed by atoms with Gasteiger partial charge >= 0.3 is 0 Å². The Hall–Kier alpha value is -0.330. The summed E-state index contributed by atoms with van der Waals surface area (Å²) in [6, 6.07) is 0. The van der Waals surface area contributed by atoms with Crippen LogP contribution < -0.4 is 0 Å². The molecule has 4 rings (SSSR count). The maximum atomic E-state index is 12.9. The zero-order chi connectivity index (χ0) is 14.0. The number of carbonyl (C=O) groups excluding carboxylic acids is 1. The normalized spacial score (nSPS) is 55.0. The molecule has 4 aliphatic carbocycles. The molecule has 0 aromatic rings. The van der Waals surface area contributed by atoms with E-state index in [2.05, 4.69) is 13.8 Å². The Bertz CT molecular complexity index is 427. The molecule has 0 aliphatic heterocycles. The fourth-order valence-corrected chi connectivity index (χ4v) is 7.00. The summed E-state index contributed by atoms with van der Waals surface area (Å²) in [5.41, 5.74) is 0.569. The van der Waals surface area contributed by atoms with Crippen LogP contribution in [-0.2, 0) is 4.79 Å². The van der Waals surface area contributed by atoms with Gasteiger partial charge in [0.05, 0.1) is 0 Å². The molecule has 0 unspecified atom stereocenters. The standard InChI is InChI=1S/C19H30O/c1-18-10-4-3-6-13(18)8-9-14-15-7-5-11-19(15,2)17(20)12-16(14)18/h13-16H,3-12H2,1-2H3/t13-,14-,15-,16-,18-,19+/m0/s1. The van der Waals surface area contributed by atoms with E-state index in [-0.39, 0.29) is 5.41 Å². The van der Waals surface area contributed by atoms with Crippen LogP contribution in [0.25, 0.3) is 0 Å². The average molecular weight is 274 g/mol. The topological polar surface area (TPSA) is 17.1 Å². The van der Waals surface area contributed by atoms with Crippen LogP contribution in [0.3, 0.4) is 0 Å². The first kappa shape index (κ1) is 13.3. The molecule has 1 heteroatoms. The van der Waals surface area contributed by atoms with Crippen molar-refractivity contribution in [1.29, 1.82) is 0 Å². The minimum absolute atomic E-state index is 0.0685. The first-order chi connectivity index (χ1) is 9.56. The predicted molar refractivity (Wildman–Crippen MR) is 81.4 cm³/mol. The number of fused-ring (bicyclic) bond motifs is 5. The van der Waals surface area contributed by atoms with E-state index < -0.39 is 0 Å². The van der Waals surface area contributed by atoms with E-state index >= 15 is 0 Å². The van der Waals surface area contributed by atoms with Crippen LogP contribution in [0, 0.1) is 34.5 Å². The summed E-state index contributed by atoms with van der Waals surface area (Å²) >= 11 is 0. The van der Waals surface area contributed by atoms with Crippen molar-refractivity contribution in [3.63, 3.8) is 0 Å². The van der Waals surface area contributed by atoms with Gasteiger partial charge in [-0.1, -0.05) is 33.1 Å². The van der Waals surface area contributed by atoms with Gasteiger partial charge in [0.25, 0.3) is 0 Å². The summed E-state index contributed by atoms with van der Waals surface area (Å²) in [4.78, 5) is 12.9. The van der Waals surface area contributed by atoms with E-state index in [0.29, 0.717) is 11.2 Å². The maximum absolute atomic E-state index is 12.9. The van der Waals surface area contributed by atoms with Crippen LogP contribution in [0.2, 0.25) is 0 Å². The molecule has 4 saturated carbocycles. The Morgan fingerprint density at radius 1 is 0.900 bits per heavy atom. The summed E-state index contributed by atoms with van der Waals surface area (Å²) in [6.45, 7) is 4.86. The Kier molecular flexibility index (Phi) is 2.89. The molecular weight excluding hydrogens is 244 g/mol. The van der Waals surface area contributed by atoms with Crippen molar-refractivity contribution in [2.24, 2.45) is 34.5 Å². The highest BCUT2D eigenvalue weighted by Crippen LogP contribution is 2.65. The van der Waals surface area contributed by atoms with Crippen LogP contribution >= 0.6 is 0 Å². The summed E-state index contributed by atoms with van der Waals surface area (Å²) in [5, 5.41) is 0. The highest BCUT2D eigenvalue weighted by Gasteiger charge is 2.60. The van der Waals surface area contributed by atoms with Gasteiger partial charge in [0.2, 0.25) is 0 Å². The SMILES string of the molecule is C[C@]12CCCC[C@H]1CC[C@@H]1[C@@H]2CC(=O)[C@]2(C)CCC[C@@H]12. The molecule has 0 N–H and O–H groups in total. The second kappa shape index (κ2) is 4.34. The maximum Gasteiger partial charge on any atom is 0.139 e. The zero-order valence-electron chi connectivity index (χ0n) is 13.3. The molecule has 112 valence electrons. The number of rotatable bonds is 0. The summed E-state index contributed by atoms with van der Waals surface area (Å²) < 4.78 is 0. The molecule has 0 radical (unpaired) electrons. The van der Waals surface area contributed by atoms with E-state index in [1.807, 2.05) is 0 Å². The Balaban J connectivity index is 1.70. The third kappa shape index (κ3) is 1.58. The van der Waals surface area contributed by atoms with Crippen LogP contribution in [0.5, 0.6) is 0 Å². The van der Waals surface area contributed by atoms with Crippen molar-refractivity contribution in [2.75, 3.05) is 0 Å². The largest absolute Gasteiger partial charge is 0.299 e. The molecule has 0 bridgehead atoms. The second-order valence-corrected chi connectivity index (χ2v) is 8.84. The van der Waals surface area contributed by atoms with Gasteiger partial charge < -0.3 is 0 Å². The summed E-state index contributed by atoms with van der Waals surface area (Å²) in [6.07, 6.45) is 13.3. The van der Waals surface area contributed by atoms with Crippen LogP contribution in [-0.4, -0.2) is 5.78 Å². The highest BCUT2D eigenvalue weighted by molar-refractivity contribution is 5.86. The first-order valence-electron chi connectivity index (χ1n) is 9.09. The Morgan fingerprint density at radius 2 is 1.75 bits per heavy atom. The van der Waals surface area contributed by atoms with E-state index in [1.54, 1.807) is 0 Å². The molecule has 4 aliphatic rings. The lowest BCUT2D eigenvalue weighted by Crippen LogP contribution is -2.54. The number of hydrogen-bond acceptors (Lipinski definition) is 1. The fourth-order valence-electron chi connectivity index (χ4n) is 7.00.